The van der Waals surface area contributed by atoms with Crippen molar-refractivity contribution >= 4 is 0 Å². The Bertz CT molecular complexity index is 287. The molecule has 0 aliphatic rings. The van der Waals surface area contributed by atoms with E-state index in [9.17, 15) is 0 Å². The molecular weight excluding hydrogens is 192 g/mol. The van der Waals surface area contributed by atoms with Crippen LogP contribution in [0.15, 0.2) is 24.3 Å². The third-order valence-electron chi connectivity index (χ3n) is 2.96. The lowest BCUT2D eigenvalue weighted by atomic mass is 9.86. The van der Waals surface area contributed by atoms with Crippen molar-refractivity contribution in [2.24, 2.45) is 0 Å². The molecule has 0 bridgehead atoms. The van der Waals surface area contributed by atoms with E-state index in [1.54, 1.807) is 0 Å². The van der Waals surface area contributed by atoms with E-state index in [2.05, 4.69) is 58.4 Å². The Morgan fingerprint density at radius 3 is 2.12 bits per heavy atom. The number of benzene rings is 1. The van der Waals surface area contributed by atoms with E-state index in [1.807, 2.05) is 0 Å². The molecule has 1 rings (SSSR count). The minimum absolute atomic E-state index is 0.265. The molecule has 89 valence electrons. The maximum atomic E-state index is 2.35. The second-order valence-corrected chi connectivity index (χ2v) is 5.57. The van der Waals surface area contributed by atoms with Crippen LogP contribution in [0, 0.1) is 6.42 Å². The fourth-order valence-electron chi connectivity index (χ4n) is 1.78. The van der Waals surface area contributed by atoms with Gasteiger partial charge in [0.1, 0.15) is 0 Å². The predicted octanol–water partition coefficient (Wildman–Crippen LogP) is 5.12. The molecule has 0 saturated heterocycles. The van der Waals surface area contributed by atoms with Crippen molar-refractivity contribution in [2.75, 3.05) is 0 Å². The van der Waals surface area contributed by atoms with E-state index in [0.717, 1.165) is 0 Å². The molecule has 16 heavy (non-hydrogen) atoms. The number of rotatable bonds is 5. The number of hydrogen-bond acceptors (Lipinski definition) is 0. The van der Waals surface area contributed by atoms with E-state index >= 15 is 0 Å². The minimum atomic E-state index is 0.265. The standard InChI is InChI=1S/C16H25/c1-5-6-7-8-9-14-10-12-15(13-11-14)16(2,3)4/h9-13H,5-8H2,1-4H3. The lowest BCUT2D eigenvalue weighted by Gasteiger charge is -2.19. The lowest BCUT2D eigenvalue weighted by molar-refractivity contribution is 0.590. The van der Waals surface area contributed by atoms with Crippen LogP contribution in [-0.4, -0.2) is 0 Å². The van der Waals surface area contributed by atoms with Gasteiger partial charge in [-0.25, -0.2) is 0 Å². The molecule has 0 N–H and O–H groups in total. The number of unbranched alkanes of at least 4 members (excludes halogenated alkanes) is 3. The average Bonchev–Trinajstić information content (AvgIpc) is 2.24. The summed E-state index contributed by atoms with van der Waals surface area (Å²) in [5.41, 5.74) is 3.04. The highest BCUT2D eigenvalue weighted by atomic mass is 14.2. The zero-order chi connectivity index (χ0) is 12.0. The van der Waals surface area contributed by atoms with Crippen molar-refractivity contribution in [3.63, 3.8) is 0 Å². The van der Waals surface area contributed by atoms with Crippen LogP contribution in [0.25, 0.3) is 0 Å². The summed E-state index contributed by atoms with van der Waals surface area (Å²) in [5, 5.41) is 0. The van der Waals surface area contributed by atoms with Crippen LogP contribution in [0.1, 0.15) is 64.5 Å². The van der Waals surface area contributed by atoms with Gasteiger partial charge in [-0.1, -0.05) is 71.2 Å². The Labute approximate surface area is 101 Å². The van der Waals surface area contributed by atoms with E-state index in [1.165, 1.54) is 36.8 Å². The highest BCUT2D eigenvalue weighted by molar-refractivity contribution is 5.30. The van der Waals surface area contributed by atoms with Gasteiger partial charge < -0.3 is 0 Å². The SMILES string of the molecule is CCCCC[CH]c1ccc(C(C)(C)C)cc1. The fraction of sp³-hybridized carbons (Fsp3) is 0.562. The van der Waals surface area contributed by atoms with Crippen LogP contribution < -0.4 is 0 Å². The summed E-state index contributed by atoms with van der Waals surface area (Å²) < 4.78 is 0. The van der Waals surface area contributed by atoms with Crippen molar-refractivity contribution in [3.8, 4) is 0 Å². The van der Waals surface area contributed by atoms with Gasteiger partial charge in [0.25, 0.3) is 0 Å². The van der Waals surface area contributed by atoms with Gasteiger partial charge in [0.2, 0.25) is 0 Å². The van der Waals surface area contributed by atoms with E-state index in [-0.39, 0.29) is 5.41 Å². The van der Waals surface area contributed by atoms with Crippen molar-refractivity contribution in [2.45, 2.75) is 58.8 Å². The zero-order valence-electron chi connectivity index (χ0n) is 11.2. The Morgan fingerprint density at radius 2 is 1.62 bits per heavy atom. The van der Waals surface area contributed by atoms with Crippen LogP contribution in [0.3, 0.4) is 0 Å². The molecule has 1 aromatic rings. The third kappa shape index (κ3) is 4.38. The second kappa shape index (κ2) is 6.08. The molecule has 0 fully saturated rings. The van der Waals surface area contributed by atoms with Gasteiger partial charge in [-0.15, -0.1) is 0 Å². The first-order valence-corrected chi connectivity index (χ1v) is 6.48. The van der Waals surface area contributed by atoms with Crippen LogP contribution in [0.2, 0.25) is 0 Å². The molecule has 0 atom stereocenters. The molecule has 1 aromatic carbocycles. The summed E-state index contributed by atoms with van der Waals surface area (Å²) >= 11 is 0. The Hall–Kier alpha value is -0.780. The molecule has 0 amide bonds. The maximum absolute atomic E-state index is 2.35. The molecule has 0 unspecified atom stereocenters. The third-order valence-corrected chi connectivity index (χ3v) is 2.96. The molecule has 0 heterocycles. The van der Waals surface area contributed by atoms with Crippen LogP contribution >= 0.6 is 0 Å². The molecule has 0 aliphatic carbocycles. The normalized spacial score (nSPS) is 11.8. The monoisotopic (exact) mass is 217 g/mol. The molecule has 1 radical (unpaired) electrons. The van der Waals surface area contributed by atoms with Gasteiger partial charge in [0.15, 0.2) is 0 Å². The van der Waals surface area contributed by atoms with Gasteiger partial charge in [-0.05, 0) is 29.4 Å². The van der Waals surface area contributed by atoms with Crippen LogP contribution in [0.5, 0.6) is 0 Å². The molecule has 0 aliphatic heterocycles. The highest BCUT2D eigenvalue weighted by Crippen LogP contribution is 2.22. The van der Waals surface area contributed by atoms with E-state index in [0.29, 0.717) is 0 Å². The largest absolute Gasteiger partial charge is 0.0654 e. The average molecular weight is 217 g/mol. The summed E-state index contributed by atoms with van der Waals surface area (Å²) in [6.45, 7) is 9.02. The second-order valence-electron chi connectivity index (χ2n) is 5.57. The summed E-state index contributed by atoms with van der Waals surface area (Å²) in [6, 6.07) is 9.00. The quantitative estimate of drug-likeness (QED) is 0.601. The van der Waals surface area contributed by atoms with Gasteiger partial charge >= 0.3 is 0 Å². The lowest BCUT2D eigenvalue weighted by Crippen LogP contribution is -2.10. The highest BCUT2D eigenvalue weighted by Gasteiger charge is 2.12. The van der Waals surface area contributed by atoms with Gasteiger partial charge in [0.05, 0.1) is 0 Å². The molecule has 0 heteroatoms. The Balaban J connectivity index is 2.46. The molecular formula is C16H25. The summed E-state index contributed by atoms with van der Waals surface area (Å²) in [4.78, 5) is 0. The maximum Gasteiger partial charge on any atom is -0.00931 e. The molecule has 0 spiro atoms. The minimum Gasteiger partial charge on any atom is -0.0654 e. The molecule has 0 aromatic heterocycles. The van der Waals surface area contributed by atoms with Crippen molar-refractivity contribution in [1.82, 2.24) is 0 Å². The Kier molecular flexibility index (Phi) is 5.05. The van der Waals surface area contributed by atoms with E-state index < -0.39 is 0 Å². The first kappa shape index (κ1) is 13.3. The number of hydrogen-bond donors (Lipinski definition) is 0. The molecule has 0 saturated carbocycles. The van der Waals surface area contributed by atoms with Crippen molar-refractivity contribution in [3.05, 3.63) is 41.8 Å². The zero-order valence-corrected chi connectivity index (χ0v) is 11.2. The Morgan fingerprint density at radius 1 is 1.00 bits per heavy atom. The van der Waals surface area contributed by atoms with Gasteiger partial charge in [0, 0.05) is 0 Å². The fourth-order valence-corrected chi connectivity index (χ4v) is 1.78. The van der Waals surface area contributed by atoms with Crippen LogP contribution in [0.4, 0.5) is 0 Å². The first-order valence-electron chi connectivity index (χ1n) is 6.48. The molecule has 0 nitrogen and oxygen atoms in total. The van der Waals surface area contributed by atoms with E-state index in [4.69, 9.17) is 0 Å². The summed E-state index contributed by atoms with van der Waals surface area (Å²) in [7, 11) is 0. The summed E-state index contributed by atoms with van der Waals surface area (Å²) in [5.74, 6) is 0. The van der Waals surface area contributed by atoms with Gasteiger partial charge in [-0.3, -0.25) is 0 Å². The predicted molar refractivity (Wildman–Crippen MR) is 72.7 cm³/mol. The van der Waals surface area contributed by atoms with Gasteiger partial charge in [-0.2, -0.15) is 0 Å². The summed E-state index contributed by atoms with van der Waals surface area (Å²) in [6.07, 6.45) is 7.52. The topological polar surface area (TPSA) is 0 Å². The van der Waals surface area contributed by atoms with Crippen LogP contribution in [-0.2, 0) is 5.41 Å². The smallest absolute Gasteiger partial charge is 0.00931 e. The van der Waals surface area contributed by atoms with Crippen molar-refractivity contribution in [1.29, 1.82) is 0 Å². The van der Waals surface area contributed by atoms with Crippen molar-refractivity contribution < 1.29 is 0 Å². The first-order chi connectivity index (χ1) is 7.54.